The summed E-state index contributed by atoms with van der Waals surface area (Å²) in [7, 11) is 0. The highest BCUT2D eigenvalue weighted by atomic mass is 32.1. The van der Waals surface area contributed by atoms with Crippen molar-refractivity contribution in [2.75, 3.05) is 19.6 Å². The number of fused-ring (bicyclic) bond motifs is 5. The molecule has 5 aromatic rings. The molecule has 0 saturated heterocycles. The number of carbonyl (C=O) groups excluding carboxylic acids is 4. The van der Waals surface area contributed by atoms with Gasteiger partial charge in [0, 0.05) is 42.8 Å². The minimum Gasteiger partial charge on any atom is -0.446 e. The fraction of sp³-hybridized carbons (Fsp3) is 0.312. The first-order chi connectivity index (χ1) is 23.1. The van der Waals surface area contributed by atoms with E-state index in [0.29, 0.717) is 22.8 Å². The molecule has 0 saturated carbocycles. The highest BCUT2D eigenvalue weighted by Gasteiger charge is 2.29. The van der Waals surface area contributed by atoms with Crippen molar-refractivity contribution in [3.63, 3.8) is 0 Å². The van der Waals surface area contributed by atoms with Crippen LogP contribution in [0.1, 0.15) is 79.4 Å². The molecule has 15 nitrogen and oxygen atoms in total. The minimum atomic E-state index is -0.741. The van der Waals surface area contributed by atoms with Gasteiger partial charge in [0.2, 0.25) is 11.8 Å². The molecule has 5 heterocycles. The Labute approximate surface area is 277 Å². The quantitative estimate of drug-likeness (QED) is 0.221. The molecule has 0 spiro atoms. The van der Waals surface area contributed by atoms with Gasteiger partial charge in [-0.05, 0) is 18.4 Å². The van der Waals surface area contributed by atoms with Crippen LogP contribution in [-0.2, 0) is 11.2 Å². The van der Waals surface area contributed by atoms with Crippen molar-refractivity contribution in [1.29, 1.82) is 0 Å². The summed E-state index contributed by atoms with van der Waals surface area (Å²) in [6.45, 7) is 4.92. The third-order valence-corrected chi connectivity index (χ3v) is 8.71. The number of benzene rings is 1. The molecular formula is C32H33N9O6S. The second-order valence-electron chi connectivity index (χ2n) is 11.7. The van der Waals surface area contributed by atoms with Gasteiger partial charge in [0.15, 0.2) is 11.3 Å². The average Bonchev–Trinajstić information content (AvgIpc) is 3.83. The Kier molecular flexibility index (Phi) is 9.16. The molecule has 4 aromatic heterocycles. The highest BCUT2D eigenvalue weighted by molar-refractivity contribution is 7.09. The number of nitrogens with one attached hydrogen (secondary N) is 4. The number of nitrogens with zero attached hydrogens (tertiary/aromatic N) is 5. The van der Waals surface area contributed by atoms with Crippen molar-refractivity contribution in [2.24, 2.45) is 5.92 Å². The van der Waals surface area contributed by atoms with E-state index < -0.39 is 47.8 Å². The summed E-state index contributed by atoms with van der Waals surface area (Å²) in [6.07, 6.45) is 2.69. The molecule has 4 N–H and O–H groups in total. The van der Waals surface area contributed by atoms with E-state index in [0.717, 1.165) is 10.1 Å². The van der Waals surface area contributed by atoms with Crippen LogP contribution < -0.4 is 21.5 Å². The molecule has 1 aliphatic rings. The first-order valence-electron chi connectivity index (χ1n) is 15.3. The average molecular weight is 672 g/mol. The number of rotatable bonds is 4. The van der Waals surface area contributed by atoms with Gasteiger partial charge in [-0.25, -0.2) is 19.5 Å². The zero-order valence-electron chi connectivity index (χ0n) is 26.4. The van der Waals surface area contributed by atoms with Crippen LogP contribution in [0, 0.1) is 12.8 Å². The molecule has 4 bridgehead atoms. The van der Waals surface area contributed by atoms with E-state index in [4.69, 9.17) is 4.42 Å². The Hall–Kier alpha value is -5.64. The largest absolute Gasteiger partial charge is 0.446 e. The molecule has 0 radical (unpaired) electrons. The van der Waals surface area contributed by atoms with E-state index in [-0.39, 0.29) is 41.8 Å². The Balaban J connectivity index is 1.33. The van der Waals surface area contributed by atoms with E-state index in [2.05, 4.69) is 36.0 Å². The molecule has 1 aliphatic heterocycles. The fourth-order valence-corrected chi connectivity index (χ4v) is 6.34. The van der Waals surface area contributed by atoms with E-state index in [1.54, 1.807) is 18.4 Å². The third-order valence-electron chi connectivity index (χ3n) is 7.79. The summed E-state index contributed by atoms with van der Waals surface area (Å²) in [4.78, 5) is 81.3. The van der Waals surface area contributed by atoms with Crippen molar-refractivity contribution in [3.8, 4) is 0 Å². The maximum Gasteiger partial charge on any atom is 0.285 e. The maximum atomic E-state index is 13.7. The molecule has 2 atom stereocenters. The van der Waals surface area contributed by atoms with Crippen LogP contribution in [-0.4, -0.2) is 72.7 Å². The van der Waals surface area contributed by atoms with Crippen molar-refractivity contribution in [1.82, 2.24) is 45.4 Å². The Morgan fingerprint density at radius 2 is 1.85 bits per heavy atom. The third kappa shape index (κ3) is 6.88. The number of aromatic amines is 1. The van der Waals surface area contributed by atoms with Crippen LogP contribution in [0.4, 0.5) is 0 Å². The highest BCUT2D eigenvalue weighted by Crippen LogP contribution is 2.26. The molecule has 248 valence electrons. The lowest BCUT2D eigenvalue weighted by Gasteiger charge is -2.25. The van der Waals surface area contributed by atoms with E-state index >= 15 is 0 Å². The van der Waals surface area contributed by atoms with Crippen LogP contribution in [0.15, 0.2) is 63.4 Å². The molecule has 4 amide bonds. The monoisotopic (exact) mass is 671 g/mol. The molecule has 1 aromatic carbocycles. The molecule has 48 heavy (non-hydrogen) atoms. The summed E-state index contributed by atoms with van der Waals surface area (Å²) in [5, 5.41) is 13.5. The molecule has 0 unspecified atom stereocenters. The summed E-state index contributed by atoms with van der Waals surface area (Å²) >= 11 is 1.22. The lowest BCUT2D eigenvalue weighted by molar-refractivity contribution is -0.122. The number of oxazole rings is 1. The first kappa shape index (κ1) is 32.3. The Morgan fingerprint density at radius 1 is 1.06 bits per heavy atom. The standard InChI is InChI=1S/C32H33N9O6S/c1-17(2)26-30-37-23(16-48-30)28(44)35-21(12-19-7-5-4-6-8-19)29-36-22(15-47-29)27(43)33-9-10-40(14-25(42)38-26)31(45)20-13-34-24-11-18(3)39-41(24)32(20)46/h4-8,11,13,15-17,21,26,39H,9-10,12,14H2,1-3H3,(H,33,43)(H,35,44)(H,38,42)/t21-,26-/m0/s1. The molecule has 16 heteroatoms. The SMILES string of the molecule is Cc1cc2ncc(C(=O)N3CCNC(=O)c4coc(n4)[C@H](Cc4ccccc4)NC(=O)c4csc(n4)[C@H](C(C)C)NC(=O)C3)c(=O)n2[nH]1. The van der Waals surface area contributed by atoms with E-state index in [9.17, 15) is 24.0 Å². The van der Waals surface area contributed by atoms with Gasteiger partial charge < -0.3 is 25.3 Å². The van der Waals surface area contributed by atoms with Crippen LogP contribution in [0.25, 0.3) is 5.65 Å². The molecule has 6 rings (SSSR count). The zero-order chi connectivity index (χ0) is 33.9. The van der Waals surface area contributed by atoms with Gasteiger partial charge in [-0.3, -0.25) is 29.1 Å². The smallest absolute Gasteiger partial charge is 0.285 e. The lowest BCUT2D eigenvalue weighted by atomic mass is 10.0. The lowest BCUT2D eigenvalue weighted by Crippen LogP contribution is -2.47. The number of hydrogen-bond donors (Lipinski definition) is 4. The van der Waals surface area contributed by atoms with Gasteiger partial charge in [-0.15, -0.1) is 11.3 Å². The van der Waals surface area contributed by atoms with Gasteiger partial charge in [-0.2, -0.15) is 0 Å². The number of aromatic nitrogens is 5. The maximum absolute atomic E-state index is 13.7. The second kappa shape index (κ2) is 13.6. The first-order valence-corrected chi connectivity index (χ1v) is 16.1. The zero-order valence-corrected chi connectivity index (χ0v) is 27.2. The van der Waals surface area contributed by atoms with Crippen LogP contribution in [0.2, 0.25) is 0 Å². The van der Waals surface area contributed by atoms with Crippen molar-refractivity contribution in [3.05, 3.63) is 104 Å². The van der Waals surface area contributed by atoms with E-state index in [1.165, 1.54) is 28.7 Å². The van der Waals surface area contributed by atoms with Crippen LogP contribution >= 0.6 is 11.3 Å². The molecule has 0 fully saturated rings. The topological polar surface area (TPSA) is 197 Å². The Morgan fingerprint density at radius 3 is 2.62 bits per heavy atom. The predicted molar refractivity (Wildman–Crippen MR) is 173 cm³/mol. The number of hydrogen-bond acceptors (Lipinski definition) is 10. The summed E-state index contributed by atoms with van der Waals surface area (Å²) in [5.41, 5.74) is 1.13. The minimum absolute atomic E-state index is 0.0419. The van der Waals surface area contributed by atoms with Gasteiger partial charge >= 0.3 is 0 Å². The second-order valence-corrected chi connectivity index (χ2v) is 12.6. The van der Waals surface area contributed by atoms with Crippen molar-refractivity contribution in [2.45, 2.75) is 39.3 Å². The summed E-state index contributed by atoms with van der Waals surface area (Å²) < 4.78 is 6.84. The van der Waals surface area contributed by atoms with Crippen molar-refractivity contribution >= 4 is 40.6 Å². The number of carbonyl (C=O) groups is 4. The van der Waals surface area contributed by atoms with Gasteiger partial charge in [0.1, 0.15) is 28.6 Å². The van der Waals surface area contributed by atoms with Crippen LogP contribution in [0.3, 0.4) is 0 Å². The summed E-state index contributed by atoms with van der Waals surface area (Å²) in [6, 6.07) is 9.79. The molecule has 0 aliphatic carbocycles. The number of amides is 4. The van der Waals surface area contributed by atoms with E-state index in [1.807, 2.05) is 44.2 Å². The van der Waals surface area contributed by atoms with Crippen LogP contribution in [0.5, 0.6) is 0 Å². The van der Waals surface area contributed by atoms with Crippen molar-refractivity contribution < 1.29 is 23.6 Å². The van der Waals surface area contributed by atoms with Gasteiger partial charge in [-0.1, -0.05) is 44.2 Å². The van der Waals surface area contributed by atoms with Gasteiger partial charge in [0.05, 0.1) is 12.6 Å². The number of H-pyrrole nitrogens is 1. The predicted octanol–water partition coefficient (Wildman–Crippen LogP) is 2.19. The number of thiazole rings is 1. The summed E-state index contributed by atoms with van der Waals surface area (Å²) in [5.74, 6) is -2.35. The molecular weight excluding hydrogens is 638 g/mol. The Bertz CT molecular complexity index is 2050. The number of aryl methyl sites for hydroxylation is 1. The fourth-order valence-electron chi connectivity index (χ4n) is 5.32. The normalized spacial score (nSPS) is 17.8. The van der Waals surface area contributed by atoms with Gasteiger partial charge in [0.25, 0.3) is 23.3 Å².